The summed E-state index contributed by atoms with van der Waals surface area (Å²) in [6.45, 7) is 2.04. The molecule has 1 aliphatic heterocycles. The number of hydrogen-bond acceptors (Lipinski definition) is 3. The molecule has 0 atom stereocenters. The van der Waals surface area contributed by atoms with E-state index in [9.17, 15) is 14.0 Å². The molecule has 0 fully saturated rings. The molecular formula is C20H21FN2O3. The van der Waals surface area contributed by atoms with E-state index in [4.69, 9.17) is 4.74 Å². The van der Waals surface area contributed by atoms with Gasteiger partial charge in [-0.05, 0) is 24.6 Å². The zero-order valence-electron chi connectivity index (χ0n) is 14.6. The second kappa shape index (κ2) is 7.99. The van der Waals surface area contributed by atoms with Gasteiger partial charge in [0, 0.05) is 23.7 Å². The van der Waals surface area contributed by atoms with Crippen molar-refractivity contribution in [1.82, 2.24) is 0 Å². The van der Waals surface area contributed by atoms with E-state index in [-0.39, 0.29) is 30.8 Å². The van der Waals surface area contributed by atoms with Crippen LogP contribution < -0.4 is 15.0 Å². The number of carbonyl (C=O) groups excluding carboxylic acids is 2. The summed E-state index contributed by atoms with van der Waals surface area (Å²) in [5.74, 6) is -0.148. The van der Waals surface area contributed by atoms with Crippen molar-refractivity contribution in [2.75, 3.05) is 16.8 Å². The number of ether oxygens (including phenoxy) is 1. The predicted octanol–water partition coefficient (Wildman–Crippen LogP) is 3.88. The van der Waals surface area contributed by atoms with Crippen LogP contribution in [-0.4, -0.2) is 18.4 Å². The van der Waals surface area contributed by atoms with Crippen LogP contribution in [0.25, 0.3) is 0 Å². The molecule has 3 rings (SSSR count). The molecule has 2 aromatic carbocycles. The molecule has 1 aliphatic rings. The van der Waals surface area contributed by atoms with Gasteiger partial charge in [0.25, 0.3) is 5.91 Å². The van der Waals surface area contributed by atoms with Crippen molar-refractivity contribution in [2.45, 2.75) is 32.7 Å². The highest BCUT2D eigenvalue weighted by Crippen LogP contribution is 2.35. The molecule has 0 saturated heterocycles. The molecule has 6 heteroatoms. The lowest BCUT2D eigenvalue weighted by molar-refractivity contribution is -0.121. The zero-order valence-corrected chi connectivity index (χ0v) is 14.6. The lowest BCUT2D eigenvalue weighted by atomic mass is 10.1. The van der Waals surface area contributed by atoms with Gasteiger partial charge in [-0.3, -0.25) is 9.59 Å². The number of hydrogen-bond donors (Lipinski definition) is 1. The van der Waals surface area contributed by atoms with Crippen LogP contribution in [0.5, 0.6) is 5.75 Å². The molecule has 26 heavy (non-hydrogen) atoms. The Balaban J connectivity index is 1.80. The molecule has 1 N–H and O–H groups in total. The van der Waals surface area contributed by atoms with E-state index in [0.717, 1.165) is 12.8 Å². The Morgan fingerprint density at radius 1 is 1.27 bits per heavy atom. The third kappa shape index (κ3) is 4.02. The Hall–Kier alpha value is -2.89. The monoisotopic (exact) mass is 356 g/mol. The number of anilines is 2. The topological polar surface area (TPSA) is 58.6 Å². The smallest absolute Gasteiger partial charge is 0.265 e. The van der Waals surface area contributed by atoms with Gasteiger partial charge in [0.2, 0.25) is 5.91 Å². The van der Waals surface area contributed by atoms with Crippen molar-refractivity contribution < 1.29 is 18.7 Å². The Labute approximate surface area is 151 Å². The lowest BCUT2D eigenvalue weighted by Crippen LogP contribution is -2.38. The minimum Gasteiger partial charge on any atom is -0.481 e. The molecule has 0 spiro atoms. The molecule has 0 radical (unpaired) electrons. The van der Waals surface area contributed by atoms with E-state index < -0.39 is 0 Å². The Bertz CT molecular complexity index is 822. The standard InChI is InChI=1S/C20H21FN2O3/c1-2-3-8-19(24)22-15-9-10-17-18(11-15)26-13-20(25)23(17)12-14-6-4-5-7-16(14)21/h4-7,9-11H,2-3,8,12-13H2,1H3,(H,22,24). The number of unbranched alkanes of at least 4 members (excludes halogenated alkanes) is 1. The van der Waals surface area contributed by atoms with Crippen LogP contribution in [0.3, 0.4) is 0 Å². The summed E-state index contributed by atoms with van der Waals surface area (Å²) in [5, 5.41) is 2.83. The fourth-order valence-electron chi connectivity index (χ4n) is 2.81. The van der Waals surface area contributed by atoms with Crippen molar-refractivity contribution in [3.05, 3.63) is 53.8 Å². The third-order valence-electron chi connectivity index (χ3n) is 4.23. The number of fused-ring (bicyclic) bond motifs is 1. The maximum atomic E-state index is 13.9. The van der Waals surface area contributed by atoms with E-state index in [0.29, 0.717) is 29.1 Å². The quantitative estimate of drug-likeness (QED) is 0.854. The van der Waals surface area contributed by atoms with Gasteiger partial charge in [0.1, 0.15) is 11.6 Å². The second-order valence-electron chi connectivity index (χ2n) is 6.19. The van der Waals surface area contributed by atoms with Gasteiger partial charge in [-0.15, -0.1) is 0 Å². The number of halogens is 1. The molecule has 0 aliphatic carbocycles. The average molecular weight is 356 g/mol. The molecule has 2 aromatic rings. The normalized spacial score (nSPS) is 13.2. The first-order valence-corrected chi connectivity index (χ1v) is 8.69. The highest BCUT2D eigenvalue weighted by atomic mass is 19.1. The number of rotatable bonds is 6. The number of carbonyl (C=O) groups is 2. The van der Waals surface area contributed by atoms with Crippen LogP contribution in [0.15, 0.2) is 42.5 Å². The Morgan fingerprint density at radius 3 is 2.85 bits per heavy atom. The minimum atomic E-state index is -0.354. The molecule has 136 valence electrons. The van der Waals surface area contributed by atoms with Crippen molar-refractivity contribution in [3.8, 4) is 5.75 Å². The number of nitrogens with one attached hydrogen (secondary N) is 1. The van der Waals surface area contributed by atoms with E-state index >= 15 is 0 Å². The van der Waals surface area contributed by atoms with Gasteiger partial charge in [-0.1, -0.05) is 31.5 Å². The average Bonchev–Trinajstić information content (AvgIpc) is 2.64. The van der Waals surface area contributed by atoms with Crippen molar-refractivity contribution >= 4 is 23.2 Å². The summed E-state index contributed by atoms with van der Waals surface area (Å²) in [4.78, 5) is 25.6. The number of amides is 2. The number of nitrogens with zero attached hydrogens (tertiary/aromatic N) is 1. The maximum Gasteiger partial charge on any atom is 0.265 e. The summed E-state index contributed by atoms with van der Waals surface area (Å²) >= 11 is 0. The van der Waals surface area contributed by atoms with E-state index in [2.05, 4.69) is 5.32 Å². The van der Waals surface area contributed by atoms with Crippen LogP contribution in [0, 0.1) is 5.82 Å². The van der Waals surface area contributed by atoms with Gasteiger partial charge in [-0.25, -0.2) is 4.39 Å². The van der Waals surface area contributed by atoms with Crippen molar-refractivity contribution in [3.63, 3.8) is 0 Å². The van der Waals surface area contributed by atoms with Crippen LogP contribution in [0.4, 0.5) is 15.8 Å². The Kier molecular flexibility index (Phi) is 5.51. The molecule has 0 saturated carbocycles. The zero-order chi connectivity index (χ0) is 18.5. The van der Waals surface area contributed by atoms with Gasteiger partial charge in [0.05, 0.1) is 12.2 Å². The SMILES string of the molecule is CCCCC(=O)Nc1ccc2c(c1)OCC(=O)N2Cc1ccccc1F. The first-order valence-electron chi connectivity index (χ1n) is 8.69. The largest absolute Gasteiger partial charge is 0.481 e. The third-order valence-corrected chi connectivity index (χ3v) is 4.23. The molecule has 0 aromatic heterocycles. The number of benzene rings is 2. The molecule has 1 heterocycles. The molecule has 0 unspecified atom stereocenters. The van der Waals surface area contributed by atoms with E-state index in [1.807, 2.05) is 6.92 Å². The molecule has 5 nitrogen and oxygen atoms in total. The predicted molar refractivity (Wildman–Crippen MR) is 97.7 cm³/mol. The van der Waals surface area contributed by atoms with Gasteiger partial charge < -0.3 is 15.0 Å². The highest BCUT2D eigenvalue weighted by molar-refractivity contribution is 5.99. The fraction of sp³-hybridized carbons (Fsp3) is 0.300. The van der Waals surface area contributed by atoms with Crippen LogP contribution >= 0.6 is 0 Å². The van der Waals surface area contributed by atoms with Gasteiger partial charge in [0.15, 0.2) is 6.61 Å². The summed E-state index contributed by atoms with van der Waals surface area (Å²) in [6, 6.07) is 11.5. The fourth-order valence-corrected chi connectivity index (χ4v) is 2.81. The highest BCUT2D eigenvalue weighted by Gasteiger charge is 2.26. The molecule has 0 bridgehead atoms. The summed E-state index contributed by atoms with van der Waals surface area (Å²) in [6.07, 6.45) is 2.25. The summed E-state index contributed by atoms with van der Waals surface area (Å²) in [7, 11) is 0. The second-order valence-corrected chi connectivity index (χ2v) is 6.19. The van der Waals surface area contributed by atoms with Gasteiger partial charge in [-0.2, -0.15) is 0 Å². The van der Waals surface area contributed by atoms with E-state index in [1.165, 1.54) is 11.0 Å². The van der Waals surface area contributed by atoms with Crippen LogP contribution in [0.1, 0.15) is 31.7 Å². The Morgan fingerprint density at radius 2 is 2.08 bits per heavy atom. The van der Waals surface area contributed by atoms with Gasteiger partial charge >= 0.3 is 0 Å². The summed E-state index contributed by atoms with van der Waals surface area (Å²) in [5.41, 5.74) is 1.62. The molecule has 2 amide bonds. The first kappa shape index (κ1) is 17.9. The van der Waals surface area contributed by atoms with E-state index in [1.54, 1.807) is 36.4 Å². The van der Waals surface area contributed by atoms with Crippen LogP contribution in [0.2, 0.25) is 0 Å². The minimum absolute atomic E-state index is 0.0538. The van der Waals surface area contributed by atoms with Crippen LogP contribution in [-0.2, 0) is 16.1 Å². The van der Waals surface area contributed by atoms with Crippen molar-refractivity contribution in [2.24, 2.45) is 0 Å². The molecular weight excluding hydrogens is 335 g/mol. The first-order chi connectivity index (χ1) is 12.6. The summed E-state index contributed by atoms with van der Waals surface area (Å²) < 4.78 is 19.4. The maximum absolute atomic E-state index is 13.9. The van der Waals surface area contributed by atoms with Crippen molar-refractivity contribution in [1.29, 1.82) is 0 Å². The lowest BCUT2D eigenvalue weighted by Gasteiger charge is -2.30.